The molecule has 68 valence electrons. The van der Waals surface area contributed by atoms with E-state index in [1.54, 1.807) is 0 Å². The second-order valence-corrected chi connectivity index (χ2v) is 13.5. The zero-order chi connectivity index (χ0) is 9.49. The van der Waals surface area contributed by atoms with E-state index in [2.05, 4.69) is 17.1 Å². The number of hydrogen-bond acceptors (Lipinski definition) is 4. The van der Waals surface area contributed by atoms with Crippen LogP contribution in [0.4, 0.5) is 0 Å². The van der Waals surface area contributed by atoms with E-state index in [4.69, 9.17) is 20.4 Å². The molecule has 0 radical (unpaired) electrons. The minimum absolute atomic E-state index is 0.385. The zero-order valence-corrected chi connectivity index (χ0v) is 8.86. The molecule has 0 rings (SSSR count). The van der Waals surface area contributed by atoms with Gasteiger partial charge in [-0.15, -0.1) is 0 Å². The molecule has 0 aromatic carbocycles. The molecule has 0 saturated heterocycles. The number of hydrogen-bond donors (Lipinski definition) is 1. The molecular weight excluding hydrogens is 213 g/mol. The van der Waals surface area contributed by atoms with E-state index in [1.807, 2.05) is 0 Å². The minimum atomic E-state index is -1.75. The van der Waals surface area contributed by atoms with Crippen LogP contribution in [0.15, 0.2) is 0 Å². The minimum Gasteiger partial charge on any atom is -0.356 e. The average Bonchev–Trinajstić information content (AvgIpc) is 1.58. The van der Waals surface area contributed by atoms with Gasteiger partial charge in [0.1, 0.15) is 0 Å². The molecule has 0 aromatic heterocycles. The van der Waals surface area contributed by atoms with Crippen LogP contribution < -0.4 is 0 Å². The summed E-state index contributed by atoms with van der Waals surface area (Å²) in [4.78, 5) is 8.25. The summed E-state index contributed by atoms with van der Waals surface area (Å²) in [5.74, 6) is 0. The zero-order valence-electron chi connectivity index (χ0n) is 6.98. The van der Waals surface area contributed by atoms with Crippen molar-refractivity contribution in [3.8, 4) is 0 Å². The quantitative estimate of drug-likeness (QED) is 0.434. The Hall–Kier alpha value is -0.282. The monoisotopic (exact) mass is 227 g/mol. The molecule has 0 spiro atoms. The van der Waals surface area contributed by atoms with Crippen molar-refractivity contribution in [1.29, 1.82) is 0 Å². The van der Waals surface area contributed by atoms with E-state index < -0.39 is 18.6 Å². The van der Waals surface area contributed by atoms with Crippen LogP contribution in [0.2, 0.25) is 22.3 Å². The Morgan fingerprint density at radius 1 is 1.36 bits per heavy atom. The predicted molar refractivity (Wildman–Crippen MR) is 45.6 cm³/mol. The Morgan fingerprint density at radius 3 is 1.64 bits per heavy atom. The van der Waals surface area contributed by atoms with E-state index in [1.165, 1.54) is 0 Å². The summed E-state index contributed by atoms with van der Waals surface area (Å²) in [6.45, 7) is 0.385. The fourth-order valence-corrected chi connectivity index (χ4v) is 1.56. The second kappa shape index (κ2) is 6.43. The van der Waals surface area contributed by atoms with Crippen LogP contribution in [-0.2, 0) is 0 Å². The summed E-state index contributed by atoms with van der Waals surface area (Å²) in [6.07, 6.45) is 0. The van der Waals surface area contributed by atoms with Crippen molar-refractivity contribution in [2.45, 2.75) is 22.3 Å². The fraction of sp³-hybridized carbons (Fsp3) is 1.00. The molecule has 6 heteroatoms. The maximum Gasteiger partial charge on any atom is 0.0689 e. The van der Waals surface area contributed by atoms with E-state index in [0.717, 1.165) is 5.21 Å². The van der Waals surface area contributed by atoms with Gasteiger partial charge in [-0.3, -0.25) is 0 Å². The largest absolute Gasteiger partial charge is 0.356 e. The van der Waals surface area contributed by atoms with E-state index in [0.29, 0.717) is 6.61 Å². The normalized spacial score (nSPS) is 9.82. The predicted octanol–water partition coefficient (Wildman–Crippen LogP) is 1.08. The first-order chi connectivity index (χ1) is 4.79. The first-order valence-electron chi connectivity index (χ1n) is 3.02. The third-order valence-electron chi connectivity index (χ3n) is 0.771. The summed E-state index contributed by atoms with van der Waals surface area (Å²) < 4.78 is 0. The Balaban J connectivity index is 0. The molecule has 0 fully saturated rings. The van der Waals surface area contributed by atoms with Crippen LogP contribution in [0.3, 0.4) is 0 Å². The maximum absolute atomic E-state index is 8.44. The third kappa shape index (κ3) is 41.9. The fourth-order valence-electron chi connectivity index (χ4n) is 0.300. The van der Waals surface area contributed by atoms with Crippen molar-refractivity contribution in [1.82, 2.24) is 0 Å². The number of rotatable bonds is 2. The summed E-state index contributed by atoms with van der Waals surface area (Å²) in [7, 11) is 0. The smallest absolute Gasteiger partial charge is 0.0689 e. The van der Waals surface area contributed by atoms with Gasteiger partial charge >= 0.3 is 47.6 Å². The van der Waals surface area contributed by atoms with Gasteiger partial charge in [-0.25, -0.2) is 0 Å². The molecule has 0 unspecified atom stereocenters. The van der Waals surface area contributed by atoms with Crippen molar-refractivity contribution in [2.24, 2.45) is 0 Å². The van der Waals surface area contributed by atoms with Crippen molar-refractivity contribution in [3.05, 3.63) is 15.3 Å². The molecular formula is C5H14AsNO4. The van der Waals surface area contributed by atoms with Crippen LogP contribution in [-0.4, -0.2) is 30.4 Å². The number of aliphatic hydroxyl groups excluding tert-OH is 1. The van der Waals surface area contributed by atoms with Gasteiger partial charge in [0.05, 0.1) is 5.09 Å². The maximum atomic E-state index is 8.44. The van der Waals surface area contributed by atoms with Gasteiger partial charge < -0.3 is 15.3 Å². The van der Waals surface area contributed by atoms with E-state index in [-0.39, 0.29) is 0 Å². The van der Waals surface area contributed by atoms with Crippen LogP contribution in [0.1, 0.15) is 0 Å². The van der Waals surface area contributed by atoms with Crippen molar-refractivity contribution < 1.29 is 10.2 Å². The van der Waals surface area contributed by atoms with Gasteiger partial charge in [0.25, 0.3) is 0 Å². The summed E-state index contributed by atoms with van der Waals surface area (Å²) in [5, 5.41) is 24.3. The van der Waals surface area contributed by atoms with Gasteiger partial charge in [0.15, 0.2) is 0 Å². The van der Waals surface area contributed by atoms with Gasteiger partial charge in [0.2, 0.25) is 0 Å². The Bertz CT molecular complexity index is 108. The number of aliphatic hydroxyl groups is 1. The van der Waals surface area contributed by atoms with Crippen molar-refractivity contribution in [2.75, 3.05) is 6.61 Å². The molecule has 1 N–H and O–H groups in total. The van der Waals surface area contributed by atoms with E-state index in [9.17, 15) is 0 Å². The molecule has 0 aliphatic rings. The molecule has 0 aliphatic heterocycles. The molecule has 0 heterocycles. The molecule has 0 bridgehead atoms. The van der Waals surface area contributed by atoms with Gasteiger partial charge in [-0.1, -0.05) is 0 Å². The number of nitrogens with zero attached hydrogens (tertiary/aromatic N) is 1. The average molecular weight is 227 g/mol. The Labute approximate surface area is 68.6 Å². The summed E-state index contributed by atoms with van der Waals surface area (Å²) >= 11 is -1.19. The first kappa shape index (κ1) is 13.3. The van der Waals surface area contributed by atoms with Gasteiger partial charge in [-0.05, 0) is 0 Å². The summed E-state index contributed by atoms with van der Waals surface area (Å²) in [6, 6.07) is 0. The van der Waals surface area contributed by atoms with Gasteiger partial charge in [-0.2, -0.15) is 0 Å². The second-order valence-electron chi connectivity index (χ2n) is 2.96. The Morgan fingerprint density at radius 2 is 1.64 bits per heavy atom. The molecule has 0 aromatic rings. The van der Waals surface area contributed by atoms with Crippen molar-refractivity contribution in [3.63, 3.8) is 0 Å². The van der Waals surface area contributed by atoms with E-state index >= 15 is 0 Å². The molecule has 5 nitrogen and oxygen atoms in total. The molecule has 0 atom stereocenters. The summed E-state index contributed by atoms with van der Waals surface area (Å²) in [5.41, 5.74) is 6.86. The van der Waals surface area contributed by atoms with Gasteiger partial charge in [0, 0.05) is 0 Å². The standard InChI is InChI=1S/C5H14AsO.NO3/c1-6(2,3)4-5-7;2-1(3)4/h7H,4-5H2,1-3H3;/q+1;-1. The van der Waals surface area contributed by atoms with Crippen molar-refractivity contribution >= 4 is 13.6 Å². The third-order valence-corrected chi connectivity index (χ3v) is 4.01. The molecule has 0 saturated carbocycles. The molecule has 0 amide bonds. The molecule has 0 aliphatic carbocycles. The topological polar surface area (TPSA) is 86.4 Å². The Kier molecular flexibility index (Phi) is 7.79. The van der Waals surface area contributed by atoms with Crippen LogP contribution in [0.5, 0.6) is 0 Å². The molecule has 11 heavy (non-hydrogen) atoms. The van der Waals surface area contributed by atoms with Crippen LogP contribution in [0, 0.1) is 15.3 Å². The van der Waals surface area contributed by atoms with Crippen LogP contribution >= 0.6 is 0 Å². The van der Waals surface area contributed by atoms with Crippen LogP contribution in [0.25, 0.3) is 0 Å². The first-order valence-corrected chi connectivity index (χ1v) is 9.98. The SMILES string of the molecule is C[As+](C)(C)CCO.O=[N+]([O-])[O-].